The van der Waals surface area contributed by atoms with Crippen molar-refractivity contribution in [3.05, 3.63) is 48.6 Å². The zero-order valence-corrected chi connectivity index (χ0v) is 14.2. The average molecular weight is 329 g/mol. The summed E-state index contributed by atoms with van der Waals surface area (Å²) in [4.78, 5) is 25.9. The topological polar surface area (TPSA) is 61.4 Å². The highest BCUT2D eigenvalue weighted by Crippen LogP contribution is 2.17. The van der Waals surface area contributed by atoms with Crippen molar-refractivity contribution in [1.82, 2.24) is 15.5 Å². The molecular weight excluding hydrogens is 302 g/mol. The van der Waals surface area contributed by atoms with Crippen LogP contribution in [0.1, 0.15) is 37.7 Å². The Morgan fingerprint density at radius 2 is 1.92 bits per heavy atom. The van der Waals surface area contributed by atoms with Crippen molar-refractivity contribution in [1.29, 1.82) is 0 Å². The predicted molar refractivity (Wildman–Crippen MR) is 95.5 cm³/mol. The summed E-state index contributed by atoms with van der Waals surface area (Å²) in [7, 11) is 0. The molecule has 0 unspecified atom stereocenters. The third-order valence-corrected chi connectivity index (χ3v) is 4.20. The highest BCUT2D eigenvalue weighted by molar-refractivity contribution is 5.78. The number of hydrogen-bond acceptors (Lipinski definition) is 2. The van der Waals surface area contributed by atoms with E-state index in [2.05, 4.69) is 17.2 Å². The molecule has 0 saturated heterocycles. The molecule has 130 valence electrons. The van der Waals surface area contributed by atoms with Gasteiger partial charge in [0.15, 0.2) is 0 Å². The normalized spacial score (nSPS) is 14.2. The SMILES string of the molecule is C=CCN(Cc1ccccc1)C(=O)NCCC(=O)NC1CCCC1. The zero-order chi connectivity index (χ0) is 17.2. The highest BCUT2D eigenvalue weighted by atomic mass is 16.2. The smallest absolute Gasteiger partial charge is 0.317 e. The lowest BCUT2D eigenvalue weighted by Gasteiger charge is -2.22. The van der Waals surface area contributed by atoms with Crippen molar-refractivity contribution < 1.29 is 9.59 Å². The first-order chi connectivity index (χ1) is 11.7. The molecule has 1 aromatic rings. The van der Waals surface area contributed by atoms with E-state index in [1.807, 2.05) is 30.3 Å². The van der Waals surface area contributed by atoms with Gasteiger partial charge in [-0.25, -0.2) is 4.79 Å². The lowest BCUT2D eigenvalue weighted by molar-refractivity contribution is -0.121. The minimum atomic E-state index is -0.174. The Morgan fingerprint density at radius 1 is 1.21 bits per heavy atom. The molecule has 0 radical (unpaired) electrons. The molecule has 0 atom stereocenters. The fourth-order valence-electron chi connectivity index (χ4n) is 2.94. The Labute approximate surface area is 144 Å². The van der Waals surface area contributed by atoms with E-state index in [1.165, 1.54) is 12.8 Å². The summed E-state index contributed by atoms with van der Waals surface area (Å²) in [6.45, 7) is 5.04. The minimum Gasteiger partial charge on any atom is -0.353 e. The van der Waals surface area contributed by atoms with Crippen molar-refractivity contribution >= 4 is 11.9 Å². The van der Waals surface area contributed by atoms with E-state index in [4.69, 9.17) is 0 Å². The molecule has 0 bridgehead atoms. The summed E-state index contributed by atoms with van der Waals surface area (Å²) in [6.07, 6.45) is 6.55. The summed E-state index contributed by atoms with van der Waals surface area (Å²) in [5.74, 6) is 0.0144. The van der Waals surface area contributed by atoms with E-state index < -0.39 is 0 Å². The van der Waals surface area contributed by atoms with Gasteiger partial charge >= 0.3 is 6.03 Å². The maximum absolute atomic E-state index is 12.3. The molecule has 1 aromatic carbocycles. The van der Waals surface area contributed by atoms with Gasteiger partial charge < -0.3 is 15.5 Å². The first-order valence-electron chi connectivity index (χ1n) is 8.66. The number of urea groups is 1. The van der Waals surface area contributed by atoms with Gasteiger partial charge in [0.25, 0.3) is 0 Å². The highest BCUT2D eigenvalue weighted by Gasteiger charge is 2.17. The maximum Gasteiger partial charge on any atom is 0.317 e. The van der Waals surface area contributed by atoms with Crippen LogP contribution in [0.4, 0.5) is 4.79 Å². The van der Waals surface area contributed by atoms with E-state index in [-0.39, 0.29) is 11.9 Å². The fourth-order valence-corrected chi connectivity index (χ4v) is 2.94. The summed E-state index contributed by atoms with van der Waals surface area (Å²) in [5.41, 5.74) is 1.06. The summed E-state index contributed by atoms with van der Waals surface area (Å²) in [6, 6.07) is 9.97. The van der Waals surface area contributed by atoms with E-state index in [1.54, 1.807) is 11.0 Å². The first kappa shape index (κ1) is 18.0. The lowest BCUT2D eigenvalue weighted by atomic mass is 10.2. The molecule has 2 N–H and O–H groups in total. The van der Waals surface area contributed by atoms with Gasteiger partial charge in [-0.1, -0.05) is 49.2 Å². The third kappa shape index (κ3) is 6.07. The molecule has 1 aliphatic rings. The number of nitrogens with one attached hydrogen (secondary N) is 2. The Hall–Kier alpha value is -2.30. The van der Waals surface area contributed by atoms with Gasteiger partial charge in [-0.2, -0.15) is 0 Å². The molecule has 0 aromatic heterocycles. The van der Waals surface area contributed by atoms with E-state index >= 15 is 0 Å². The van der Waals surface area contributed by atoms with Crippen LogP contribution in [0.25, 0.3) is 0 Å². The second-order valence-electron chi connectivity index (χ2n) is 6.19. The molecule has 0 heterocycles. The third-order valence-electron chi connectivity index (χ3n) is 4.20. The second-order valence-corrected chi connectivity index (χ2v) is 6.19. The van der Waals surface area contributed by atoms with E-state index in [0.29, 0.717) is 32.1 Å². The number of hydrogen-bond donors (Lipinski definition) is 2. The summed E-state index contributed by atoms with van der Waals surface area (Å²) < 4.78 is 0. The molecule has 5 heteroatoms. The van der Waals surface area contributed by atoms with Crippen molar-refractivity contribution in [2.75, 3.05) is 13.1 Å². The van der Waals surface area contributed by atoms with Crippen LogP contribution in [0.15, 0.2) is 43.0 Å². The molecule has 24 heavy (non-hydrogen) atoms. The van der Waals surface area contributed by atoms with Crippen LogP contribution in [-0.4, -0.2) is 36.0 Å². The van der Waals surface area contributed by atoms with E-state index in [0.717, 1.165) is 18.4 Å². The van der Waals surface area contributed by atoms with Gasteiger partial charge in [-0.05, 0) is 18.4 Å². The Morgan fingerprint density at radius 3 is 2.58 bits per heavy atom. The number of amides is 3. The fraction of sp³-hybridized carbons (Fsp3) is 0.474. The van der Waals surface area contributed by atoms with Crippen LogP contribution in [-0.2, 0) is 11.3 Å². The monoisotopic (exact) mass is 329 g/mol. The van der Waals surface area contributed by atoms with Crippen molar-refractivity contribution in [2.24, 2.45) is 0 Å². The molecule has 3 amide bonds. The zero-order valence-electron chi connectivity index (χ0n) is 14.2. The average Bonchev–Trinajstić information content (AvgIpc) is 3.08. The largest absolute Gasteiger partial charge is 0.353 e. The molecule has 2 rings (SSSR count). The minimum absolute atomic E-state index is 0.0144. The van der Waals surface area contributed by atoms with Crippen molar-refractivity contribution in [2.45, 2.75) is 44.7 Å². The van der Waals surface area contributed by atoms with Crippen LogP contribution in [0.5, 0.6) is 0 Å². The van der Waals surface area contributed by atoms with Gasteiger partial charge in [0.2, 0.25) is 5.91 Å². The molecule has 1 saturated carbocycles. The molecule has 0 spiro atoms. The lowest BCUT2D eigenvalue weighted by Crippen LogP contribution is -2.41. The Bertz CT molecular complexity index is 539. The van der Waals surface area contributed by atoms with Crippen molar-refractivity contribution in [3.63, 3.8) is 0 Å². The standard InChI is InChI=1S/C19H27N3O2/c1-2-14-22(15-16-8-4-3-5-9-16)19(24)20-13-12-18(23)21-17-10-6-7-11-17/h2-5,8-9,17H,1,6-7,10-15H2,(H,20,24)(H,21,23). The van der Waals surface area contributed by atoms with E-state index in [9.17, 15) is 9.59 Å². The van der Waals surface area contributed by atoms with Crippen LogP contribution in [0.3, 0.4) is 0 Å². The molecular formula is C19H27N3O2. The van der Waals surface area contributed by atoms with Crippen LogP contribution >= 0.6 is 0 Å². The van der Waals surface area contributed by atoms with Gasteiger partial charge in [-0.3, -0.25) is 4.79 Å². The molecule has 0 aliphatic heterocycles. The van der Waals surface area contributed by atoms with Gasteiger partial charge in [-0.15, -0.1) is 6.58 Å². The quantitative estimate of drug-likeness (QED) is 0.721. The Kier molecular flexibility index (Phi) is 7.33. The predicted octanol–water partition coefficient (Wildman–Crippen LogP) is 2.83. The van der Waals surface area contributed by atoms with Crippen LogP contribution < -0.4 is 10.6 Å². The second kappa shape index (κ2) is 9.75. The van der Waals surface area contributed by atoms with Crippen LogP contribution in [0.2, 0.25) is 0 Å². The molecule has 1 aliphatic carbocycles. The summed E-state index contributed by atoms with van der Waals surface area (Å²) in [5, 5.41) is 5.85. The van der Waals surface area contributed by atoms with Gasteiger partial charge in [0, 0.05) is 32.1 Å². The number of nitrogens with zero attached hydrogens (tertiary/aromatic N) is 1. The van der Waals surface area contributed by atoms with Gasteiger partial charge in [0.1, 0.15) is 0 Å². The maximum atomic E-state index is 12.3. The van der Waals surface area contributed by atoms with Crippen LogP contribution in [0, 0.1) is 0 Å². The molecule has 1 fully saturated rings. The molecule has 5 nitrogen and oxygen atoms in total. The first-order valence-corrected chi connectivity index (χ1v) is 8.66. The number of carbonyl (C=O) groups excluding carboxylic acids is 2. The summed E-state index contributed by atoms with van der Waals surface area (Å²) >= 11 is 0. The number of benzene rings is 1. The Balaban J connectivity index is 1.73. The number of rotatable bonds is 8. The number of carbonyl (C=O) groups is 2. The van der Waals surface area contributed by atoms with Crippen molar-refractivity contribution in [3.8, 4) is 0 Å². The van der Waals surface area contributed by atoms with Gasteiger partial charge in [0.05, 0.1) is 0 Å².